The molecular weight excluding hydrogens is 238 g/mol. The van der Waals surface area contributed by atoms with Gasteiger partial charge in [-0.05, 0) is 24.6 Å². The molecule has 1 aromatic rings. The molecule has 0 aliphatic heterocycles. The number of aryl methyl sites for hydroxylation is 1. The van der Waals surface area contributed by atoms with Gasteiger partial charge in [-0.15, -0.1) is 0 Å². The Morgan fingerprint density at radius 1 is 1.53 bits per heavy atom. The molecule has 0 fully saturated rings. The highest BCUT2D eigenvalue weighted by Gasteiger charge is 2.04. The van der Waals surface area contributed by atoms with Gasteiger partial charge in [0, 0.05) is 18.4 Å². The normalized spacial score (nSPS) is 9.94. The highest BCUT2D eigenvalue weighted by Crippen LogP contribution is 2.07. The van der Waals surface area contributed by atoms with E-state index in [4.69, 9.17) is 5.73 Å². The van der Waals surface area contributed by atoms with E-state index in [1.807, 2.05) is 13.0 Å². The van der Waals surface area contributed by atoms with E-state index in [9.17, 15) is 9.59 Å². The van der Waals surface area contributed by atoms with E-state index in [2.05, 4.69) is 10.3 Å². The van der Waals surface area contributed by atoms with Gasteiger partial charge in [-0.1, -0.05) is 0 Å². The van der Waals surface area contributed by atoms with Gasteiger partial charge in [0.2, 0.25) is 11.8 Å². The molecule has 1 aromatic heterocycles. The second-order valence-corrected chi connectivity index (χ2v) is 4.64. The van der Waals surface area contributed by atoms with Crippen LogP contribution in [0.3, 0.4) is 0 Å². The largest absolute Gasteiger partial charge is 0.369 e. The molecule has 17 heavy (non-hydrogen) atoms. The van der Waals surface area contributed by atoms with Gasteiger partial charge < -0.3 is 11.1 Å². The van der Waals surface area contributed by atoms with Crippen molar-refractivity contribution in [3.05, 3.63) is 23.9 Å². The van der Waals surface area contributed by atoms with Crippen LogP contribution < -0.4 is 11.1 Å². The second-order valence-electron chi connectivity index (χ2n) is 3.54. The number of hydrogen-bond acceptors (Lipinski definition) is 4. The molecule has 0 spiro atoms. The number of carbonyl (C=O) groups excluding carboxylic acids is 2. The average molecular weight is 253 g/mol. The third-order valence-electron chi connectivity index (χ3n) is 1.90. The fourth-order valence-corrected chi connectivity index (χ4v) is 1.82. The highest BCUT2D eigenvalue weighted by molar-refractivity contribution is 7.99. The molecule has 6 heteroatoms. The highest BCUT2D eigenvalue weighted by atomic mass is 32.2. The minimum atomic E-state index is -0.365. The zero-order chi connectivity index (χ0) is 12.7. The fraction of sp³-hybridized carbons (Fsp3) is 0.364. The van der Waals surface area contributed by atoms with Gasteiger partial charge in [0.05, 0.1) is 5.75 Å². The molecule has 0 bridgehead atoms. The van der Waals surface area contributed by atoms with Crippen LogP contribution >= 0.6 is 11.8 Å². The number of nitrogens with two attached hydrogens (primary N) is 1. The second kappa shape index (κ2) is 6.90. The maximum absolute atomic E-state index is 11.5. The molecule has 2 amide bonds. The van der Waals surface area contributed by atoms with Crippen molar-refractivity contribution in [3.63, 3.8) is 0 Å². The summed E-state index contributed by atoms with van der Waals surface area (Å²) in [6.45, 7) is 1.93. The van der Waals surface area contributed by atoms with Crippen LogP contribution in [0.5, 0.6) is 0 Å². The summed E-state index contributed by atoms with van der Waals surface area (Å²) in [5.41, 5.74) is 6.02. The van der Waals surface area contributed by atoms with Crippen LogP contribution in [0.4, 0.5) is 5.82 Å². The van der Waals surface area contributed by atoms with Gasteiger partial charge in [-0.25, -0.2) is 4.98 Å². The van der Waals surface area contributed by atoms with Gasteiger partial charge in [0.1, 0.15) is 5.82 Å². The summed E-state index contributed by atoms with van der Waals surface area (Å²) in [5, 5.41) is 2.69. The Morgan fingerprint density at radius 2 is 2.29 bits per heavy atom. The number of amides is 2. The van der Waals surface area contributed by atoms with Crippen molar-refractivity contribution in [1.29, 1.82) is 0 Å². The van der Waals surface area contributed by atoms with Crippen LogP contribution in [0.1, 0.15) is 12.0 Å². The molecule has 3 N–H and O–H groups in total. The number of hydrogen-bond donors (Lipinski definition) is 2. The summed E-state index contributed by atoms with van der Waals surface area (Å²) in [7, 11) is 0. The molecule has 0 radical (unpaired) electrons. The van der Waals surface area contributed by atoms with E-state index >= 15 is 0 Å². The molecular formula is C11H15N3O2S. The Kier molecular flexibility index (Phi) is 5.48. The molecule has 92 valence electrons. The predicted molar refractivity (Wildman–Crippen MR) is 68.7 cm³/mol. The number of anilines is 1. The van der Waals surface area contributed by atoms with Crippen LogP contribution in [0.25, 0.3) is 0 Å². The Morgan fingerprint density at radius 3 is 2.94 bits per heavy atom. The summed E-state index contributed by atoms with van der Waals surface area (Å²) >= 11 is 1.35. The third kappa shape index (κ3) is 5.91. The quantitative estimate of drug-likeness (QED) is 0.739. The smallest absolute Gasteiger partial charge is 0.227 e. The standard InChI is InChI=1S/C11H15N3O2S/c1-8-2-4-13-10(6-8)14-11(16)3-5-17-7-9(12)15/h2,4,6H,3,5,7H2,1H3,(H2,12,15)(H,13,14,16). The topological polar surface area (TPSA) is 85.1 Å². The maximum Gasteiger partial charge on any atom is 0.227 e. The number of aromatic nitrogens is 1. The third-order valence-corrected chi connectivity index (χ3v) is 2.88. The van der Waals surface area contributed by atoms with Gasteiger partial charge in [-0.3, -0.25) is 9.59 Å². The number of carbonyl (C=O) groups is 2. The maximum atomic E-state index is 11.5. The zero-order valence-corrected chi connectivity index (χ0v) is 10.4. The molecule has 0 saturated heterocycles. The van der Waals surface area contributed by atoms with Crippen molar-refractivity contribution in [3.8, 4) is 0 Å². The lowest BCUT2D eigenvalue weighted by Gasteiger charge is -2.04. The van der Waals surface area contributed by atoms with E-state index in [-0.39, 0.29) is 17.6 Å². The molecule has 0 aromatic carbocycles. The lowest BCUT2D eigenvalue weighted by Crippen LogP contribution is -2.16. The average Bonchev–Trinajstić information content (AvgIpc) is 2.24. The molecule has 0 aliphatic rings. The van der Waals surface area contributed by atoms with Crippen LogP contribution in [-0.4, -0.2) is 28.3 Å². The van der Waals surface area contributed by atoms with Gasteiger partial charge in [0.25, 0.3) is 0 Å². The summed E-state index contributed by atoms with van der Waals surface area (Å²) in [6, 6.07) is 3.66. The van der Waals surface area contributed by atoms with Crippen molar-refractivity contribution in [2.75, 3.05) is 16.8 Å². The van der Waals surface area contributed by atoms with Crippen LogP contribution in [0.2, 0.25) is 0 Å². The summed E-state index contributed by atoms with van der Waals surface area (Å²) < 4.78 is 0. The van der Waals surface area contributed by atoms with Gasteiger partial charge in [0.15, 0.2) is 0 Å². The minimum absolute atomic E-state index is 0.111. The predicted octanol–water partition coefficient (Wildman–Crippen LogP) is 0.937. The van der Waals surface area contributed by atoms with Gasteiger partial charge >= 0.3 is 0 Å². The van der Waals surface area contributed by atoms with Crippen molar-refractivity contribution < 1.29 is 9.59 Å². The van der Waals surface area contributed by atoms with Crippen molar-refractivity contribution in [2.45, 2.75) is 13.3 Å². The van der Waals surface area contributed by atoms with Gasteiger partial charge in [-0.2, -0.15) is 11.8 Å². The summed E-state index contributed by atoms with van der Waals surface area (Å²) in [4.78, 5) is 26.0. The monoisotopic (exact) mass is 253 g/mol. The van der Waals surface area contributed by atoms with E-state index < -0.39 is 0 Å². The first kappa shape index (κ1) is 13.5. The van der Waals surface area contributed by atoms with Crippen molar-refractivity contribution >= 4 is 29.4 Å². The molecule has 0 unspecified atom stereocenters. The van der Waals surface area contributed by atoms with E-state index in [0.717, 1.165) is 5.56 Å². The SMILES string of the molecule is Cc1ccnc(NC(=O)CCSCC(N)=O)c1. The van der Waals surface area contributed by atoms with E-state index in [1.165, 1.54) is 11.8 Å². The zero-order valence-electron chi connectivity index (χ0n) is 9.60. The first-order valence-electron chi connectivity index (χ1n) is 5.16. The molecule has 1 heterocycles. The number of rotatable bonds is 6. The Hall–Kier alpha value is -1.56. The van der Waals surface area contributed by atoms with Crippen LogP contribution in [-0.2, 0) is 9.59 Å². The molecule has 0 saturated carbocycles. The Balaban J connectivity index is 2.27. The van der Waals surface area contributed by atoms with Crippen molar-refractivity contribution in [2.24, 2.45) is 5.73 Å². The van der Waals surface area contributed by atoms with Crippen molar-refractivity contribution in [1.82, 2.24) is 4.98 Å². The molecule has 0 aliphatic carbocycles. The fourth-order valence-electron chi connectivity index (χ4n) is 1.15. The number of nitrogens with zero attached hydrogens (tertiary/aromatic N) is 1. The molecule has 5 nitrogen and oxygen atoms in total. The number of nitrogens with one attached hydrogen (secondary N) is 1. The minimum Gasteiger partial charge on any atom is -0.369 e. The summed E-state index contributed by atoms with van der Waals surface area (Å²) in [6.07, 6.45) is 1.99. The lowest BCUT2D eigenvalue weighted by molar-refractivity contribution is -0.116. The van der Waals surface area contributed by atoms with E-state index in [0.29, 0.717) is 18.0 Å². The number of pyridine rings is 1. The Bertz CT molecular complexity index is 409. The molecule has 1 rings (SSSR count). The number of thioether (sulfide) groups is 1. The lowest BCUT2D eigenvalue weighted by atomic mass is 10.3. The first-order valence-corrected chi connectivity index (χ1v) is 6.32. The van der Waals surface area contributed by atoms with Crippen LogP contribution in [0.15, 0.2) is 18.3 Å². The number of primary amides is 1. The Labute approximate surface area is 104 Å². The molecule has 0 atom stereocenters. The van der Waals surface area contributed by atoms with E-state index in [1.54, 1.807) is 12.3 Å². The van der Waals surface area contributed by atoms with Crippen LogP contribution in [0, 0.1) is 6.92 Å². The first-order chi connectivity index (χ1) is 8.08. The summed E-state index contributed by atoms with van der Waals surface area (Å²) in [5.74, 6) is 0.891.